The average Bonchev–Trinajstić information content (AvgIpc) is 2.72. The zero-order chi connectivity index (χ0) is 12.5. The molecule has 1 saturated heterocycles. The summed E-state index contributed by atoms with van der Waals surface area (Å²) in [6, 6.07) is 6.70. The van der Waals surface area contributed by atoms with E-state index in [1.54, 1.807) is 12.1 Å². The summed E-state index contributed by atoms with van der Waals surface area (Å²) in [4.78, 5) is 2.05. The smallest absolute Gasteiger partial charge is 0.143 e. The van der Waals surface area contributed by atoms with Gasteiger partial charge in [-0.3, -0.25) is 0 Å². The van der Waals surface area contributed by atoms with E-state index in [-0.39, 0.29) is 11.0 Å². The minimum absolute atomic E-state index is 0.0685. The number of hydrogen-bond acceptors (Lipinski definition) is 3. The van der Waals surface area contributed by atoms with Gasteiger partial charge in [-0.25, -0.2) is 4.39 Å². The Morgan fingerprint density at radius 3 is 2.94 bits per heavy atom. The van der Waals surface area contributed by atoms with Crippen molar-refractivity contribution in [2.75, 3.05) is 24.5 Å². The second-order valence-electron chi connectivity index (χ2n) is 4.93. The second-order valence-corrected chi connectivity index (χ2v) is 4.93. The molecule has 90 valence electrons. The number of benzene rings is 1. The summed E-state index contributed by atoms with van der Waals surface area (Å²) >= 11 is 0. The fraction of sp³-hybridized carbons (Fsp3) is 0.462. The third-order valence-corrected chi connectivity index (χ3v) is 3.49. The first-order valence-electron chi connectivity index (χ1n) is 5.73. The van der Waals surface area contributed by atoms with Crippen molar-refractivity contribution < 1.29 is 4.39 Å². The van der Waals surface area contributed by atoms with E-state index in [4.69, 9.17) is 11.0 Å². The zero-order valence-electron chi connectivity index (χ0n) is 9.91. The highest BCUT2D eigenvalue weighted by molar-refractivity contribution is 5.60. The lowest BCUT2D eigenvalue weighted by molar-refractivity contribution is 0.383. The van der Waals surface area contributed by atoms with Crippen LogP contribution in [0.1, 0.15) is 18.9 Å². The first-order chi connectivity index (χ1) is 8.09. The minimum atomic E-state index is -0.452. The van der Waals surface area contributed by atoms with E-state index in [1.165, 1.54) is 6.07 Å². The molecule has 0 amide bonds. The van der Waals surface area contributed by atoms with Crippen molar-refractivity contribution in [2.45, 2.75) is 13.3 Å². The molecule has 2 N–H and O–H groups in total. The molecule has 3 nitrogen and oxygen atoms in total. The van der Waals surface area contributed by atoms with Gasteiger partial charge in [0.05, 0.1) is 5.69 Å². The zero-order valence-corrected chi connectivity index (χ0v) is 9.91. The first-order valence-corrected chi connectivity index (χ1v) is 5.73. The van der Waals surface area contributed by atoms with Crippen LogP contribution >= 0.6 is 0 Å². The van der Waals surface area contributed by atoms with E-state index < -0.39 is 5.82 Å². The molecule has 0 radical (unpaired) electrons. The van der Waals surface area contributed by atoms with Crippen LogP contribution in [0.15, 0.2) is 18.2 Å². The summed E-state index contributed by atoms with van der Waals surface area (Å²) in [5.74, 6) is -0.452. The van der Waals surface area contributed by atoms with Crippen molar-refractivity contribution in [3.8, 4) is 6.07 Å². The quantitative estimate of drug-likeness (QED) is 0.848. The molecule has 0 aromatic heterocycles. The Bertz CT molecular complexity index is 466. The first kappa shape index (κ1) is 11.9. The maximum atomic E-state index is 13.5. The van der Waals surface area contributed by atoms with Crippen molar-refractivity contribution in [1.82, 2.24) is 0 Å². The van der Waals surface area contributed by atoms with E-state index in [9.17, 15) is 4.39 Å². The molecular weight excluding hydrogens is 217 g/mol. The Morgan fingerprint density at radius 1 is 1.59 bits per heavy atom. The Hall–Kier alpha value is -1.60. The molecule has 4 heteroatoms. The predicted molar refractivity (Wildman–Crippen MR) is 65.1 cm³/mol. The number of nitrogens with two attached hydrogens (primary N) is 1. The summed E-state index contributed by atoms with van der Waals surface area (Å²) < 4.78 is 13.5. The Labute approximate surface area is 101 Å². The number of nitriles is 1. The van der Waals surface area contributed by atoms with Gasteiger partial charge in [-0.05, 0) is 30.5 Å². The van der Waals surface area contributed by atoms with Crippen LogP contribution in [0.3, 0.4) is 0 Å². The Morgan fingerprint density at radius 2 is 2.35 bits per heavy atom. The third kappa shape index (κ3) is 2.11. The number of halogens is 1. The number of anilines is 1. The standard InChI is InChI=1S/C13H16FN3/c1-13(8-16)5-6-17(9-13)12-4-2-3-11(14)10(12)7-15/h2-4H,5-6,8-9,16H2,1H3. The van der Waals surface area contributed by atoms with Crippen molar-refractivity contribution in [1.29, 1.82) is 5.26 Å². The summed E-state index contributed by atoms with van der Waals surface area (Å²) in [6.07, 6.45) is 0.977. The highest BCUT2D eigenvalue weighted by Crippen LogP contribution is 2.34. The maximum absolute atomic E-state index is 13.5. The number of rotatable bonds is 2. The fourth-order valence-electron chi connectivity index (χ4n) is 2.28. The van der Waals surface area contributed by atoms with E-state index in [1.807, 2.05) is 6.07 Å². The molecule has 1 unspecified atom stereocenters. The predicted octanol–water partition coefficient (Wildman–Crippen LogP) is 1.87. The van der Waals surface area contributed by atoms with Gasteiger partial charge in [-0.2, -0.15) is 5.26 Å². The van der Waals surface area contributed by atoms with Gasteiger partial charge in [0, 0.05) is 13.1 Å². The summed E-state index contributed by atoms with van der Waals surface area (Å²) in [5.41, 5.74) is 6.63. The average molecular weight is 233 g/mol. The van der Waals surface area contributed by atoms with E-state index in [0.717, 1.165) is 19.5 Å². The fourth-order valence-corrected chi connectivity index (χ4v) is 2.28. The van der Waals surface area contributed by atoms with Crippen molar-refractivity contribution in [2.24, 2.45) is 11.1 Å². The number of hydrogen-bond donors (Lipinski definition) is 1. The summed E-state index contributed by atoms with van der Waals surface area (Å²) in [5, 5.41) is 9.01. The second kappa shape index (κ2) is 4.34. The molecule has 1 atom stereocenters. The van der Waals surface area contributed by atoms with Crippen LogP contribution < -0.4 is 10.6 Å². The molecular formula is C13H16FN3. The molecule has 0 spiro atoms. The SMILES string of the molecule is CC1(CN)CCN(c2cccc(F)c2C#N)C1. The van der Waals surface area contributed by atoms with E-state index >= 15 is 0 Å². The van der Waals surface area contributed by atoms with Gasteiger partial charge < -0.3 is 10.6 Å². The molecule has 1 fully saturated rings. The Kier molecular flexibility index (Phi) is 3.03. The molecule has 1 aliphatic rings. The largest absolute Gasteiger partial charge is 0.370 e. The lowest BCUT2D eigenvalue weighted by Crippen LogP contribution is -2.31. The van der Waals surface area contributed by atoms with Crippen LogP contribution in [0, 0.1) is 22.6 Å². The van der Waals surface area contributed by atoms with Crippen LogP contribution in [0.5, 0.6) is 0 Å². The molecule has 1 aliphatic heterocycles. The molecule has 0 saturated carbocycles. The van der Waals surface area contributed by atoms with Gasteiger partial charge in [0.1, 0.15) is 17.4 Å². The highest BCUT2D eigenvalue weighted by Gasteiger charge is 2.33. The lowest BCUT2D eigenvalue weighted by atomic mass is 9.90. The number of nitrogens with zero attached hydrogens (tertiary/aromatic N) is 2. The monoisotopic (exact) mass is 233 g/mol. The lowest BCUT2D eigenvalue weighted by Gasteiger charge is -2.24. The van der Waals surface area contributed by atoms with Crippen molar-refractivity contribution >= 4 is 5.69 Å². The van der Waals surface area contributed by atoms with Crippen molar-refractivity contribution in [3.05, 3.63) is 29.6 Å². The topological polar surface area (TPSA) is 53.0 Å². The molecule has 0 bridgehead atoms. The third-order valence-electron chi connectivity index (χ3n) is 3.49. The van der Waals surface area contributed by atoms with Crippen molar-refractivity contribution in [3.63, 3.8) is 0 Å². The van der Waals surface area contributed by atoms with Crippen LogP contribution in [0.25, 0.3) is 0 Å². The highest BCUT2D eigenvalue weighted by atomic mass is 19.1. The van der Waals surface area contributed by atoms with Crippen LogP contribution in [0.2, 0.25) is 0 Å². The van der Waals surface area contributed by atoms with Gasteiger partial charge >= 0.3 is 0 Å². The minimum Gasteiger partial charge on any atom is -0.370 e. The molecule has 17 heavy (non-hydrogen) atoms. The summed E-state index contributed by atoms with van der Waals surface area (Å²) in [6.45, 7) is 4.34. The molecule has 1 heterocycles. The van der Waals surface area contributed by atoms with E-state index in [2.05, 4.69) is 11.8 Å². The molecule has 0 aliphatic carbocycles. The van der Waals surface area contributed by atoms with Gasteiger partial charge in [-0.1, -0.05) is 13.0 Å². The van der Waals surface area contributed by atoms with Crippen LogP contribution in [-0.2, 0) is 0 Å². The maximum Gasteiger partial charge on any atom is 0.143 e. The summed E-state index contributed by atoms with van der Waals surface area (Å²) in [7, 11) is 0. The van der Waals surface area contributed by atoms with E-state index in [0.29, 0.717) is 12.2 Å². The van der Waals surface area contributed by atoms with Gasteiger partial charge in [0.2, 0.25) is 0 Å². The van der Waals surface area contributed by atoms with Gasteiger partial charge in [-0.15, -0.1) is 0 Å². The Balaban J connectivity index is 2.32. The van der Waals surface area contributed by atoms with Crippen LogP contribution in [0.4, 0.5) is 10.1 Å². The molecule has 1 aromatic carbocycles. The van der Waals surface area contributed by atoms with Crippen LogP contribution in [-0.4, -0.2) is 19.6 Å². The molecule has 1 aromatic rings. The van der Waals surface area contributed by atoms with Gasteiger partial charge in [0.25, 0.3) is 0 Å². The van der Waals surface area contributed by atoms with Gasteiger partial charge in [0.15, 0.2) is 0 Å². The molecule has 2 rings (SSSR count). The normalized spacial score (nSPS) is 23.8.